The van der Waals surface area contributed by atoms with Crippen LogP contribution in [-0.4, -0.2) is 65.7 Å². The summed E-state index contributed by atoms with van der Waals surface area (Å²) in [6.07, 6.45) is 1.99. The zero-order valence-electron chi connectivity index (χ0n) is 26.2. The molecule has 2 amide bonds. The Kier molecular flexibility index (Phi) is 12.4. The van der Waals surface area contributed by atoms with Crippen LogP contribution < -0.4 is 24.8 Å². The second-order valence-electron chi connectivity index (χ2n) is 9.82. The van der Waals surface area contributed by atoms with Gasteiger partial charge in [-0.3, -0.25) is 14.2 Å². The molecule has 0 radical (unpaired) electrons. The molecule has 13 heteroatoms. The smallest absolute Gasteiger partial charge is 0.338 e. The number of amides is 2. The van der Waals surface area contributed by atoms with Gasteiger partial charge in [0.15, 0.2) is 11.0 Å². The lowest BCUT2D eigenvalue weighted by molar-refractivity contribution is -0.113. The van der Waals surface area contributed by atoms with Crippen molar-refractivity contribution in [3.05, 3.63) is 83.7 Å². The van der Waals surface area contributed by atoms with Crippen molar-refractivity contribution in [3.63, 3.8) is 0 Å². The molecular weight excluding hydrogens is 610 g/mol. The van der Waals surface area contributed by atoms with Gasteiger partial charge in [0.05, 0.1) is 51.0 Å². The van der Waals surface area contributed by atoms with Crippen LogP contribution >= 0.6 is 11.8 Å². The molecule has 4 aromatic rings. The molecule has 0 fully saturated rings. The number of carbonyl (C=O) groups is 3. The molecule has 0 bridgehead atoms. The monoisotopic (exact) mass is 647 g/mol. The van der Waals surface area contributed by atoms with Crippen LogP contribution in [-0.2, 0) is 16.1 Å². The number of rotatable bonds is 16. The minimum atomic E-state index is -0.430. The molecule has 0 saturated carbocycles. The number of methoxy groups -OCH3 is 2. The van der Waals surface area contributed by atoms with Crippen LogP contribution in [0.2, 0.25) is 0 Å². The highest BCUT2D eigenvalue weighted by atomic mass is 32.2. The first-order valence-corrected chi connectivity index (χ1v) is 15.7. The van der Waals surface area contributed by atoms with Gasteiger partial charge in [-0.25, -0.2) is 4.79 Å². The summed E-state index contributed by atoms with van der Waals surface area (Å²) in [5.41, 5.74) is 1.96. The van der Waals surface area contributed by atoms with Crippen LogP contribution in [0.25, 0.3) is 5.69 Å². The molecule has 0 aliphatic rings. The van der Waals surface area contributed by atoms with Crippen LogP contribution in [0.3, 0.4) is 0 Å². The molecule has 0 aliphatic carbocycles. The van der Waals surface area contributed by atoms with Gasteiger partial charge in [-0.15, -0.1) is 10.2 Å². The molecule has 46 heavy (non-hydrogen) atoms. The van der Waals surface area contributed by atoms with Gasteiger partial charge in [-0.2, -0.15) is 0 Å². The largest absolute Gasteiger partial charge is 0.497 e. The number of nitrogens with zero attached hydrogens (tertiary/aromatic N) is 3. The van der Waals surface area contributed by atoms with Crippen LogP contribution in [0, 0.1) is 0 Å². The van der Waals surface area contributed by atoms with E-state index in [1.165, 1.54) is 0 Å². The van der Waals surface area contributed by atoms with Gasteiger partial charge in [0.25, 0.3) is 5.91 Å². The Hall–Kier alpha value is -5.04. The molecular formula is C33H37N5O7S. The van der Waals surface area contributed by atoms with Crippen molar-refractivity contribution in [3.8, 4) is 22.9 Å². The molecule has 3 aromatic carbocycles. The number of carbonyl (C=O) groups excluding carboxylic acids is 3. The maximum absolute atomic E-state index is 13.0. The van der Waals surface area contributed by atoms with Crippen LogP contribution in [0.5, 0.6) is 17.2 Å². The van der Waals surface area contributed by atoms with Gasteiger partial charge in [0.2, 0.25) is 5.91 Å². The maximum Gasteiger partial charge on any atom is 0.338 e. The predicted octanol–water partition coefficient (Wildman–Crippen LogP) is 5.30. The fourth-order valence-electron chi connectivity index (χ4n) is 4.25. The summed E-state index contributed by atoms with van der Waals surface area (Å²) in [5, 5.41) is 14.8. The van der Waals surface area contributed by atoms with Crippen molar-refractivity contribution in [1.29, 1.82) is 0 Å². The summed E-state index contributed by atoms with van der Waals surface area (Å²) in [7, 11) is 3.10. The standard InChI is InChI=1S/C33H37N5O7S/c1-5-7-18-45-25-14-10-22(11-15-25)31(40)34-20-29-36-37-33(38(29)27-19-26(42-3)16-17-28(27)43-4)46-21-30(39)35-24-12-8-23(9-13-24)32(41)44-6-2/h8-17,19H,5-7,18,20-21H2,1-4H3,(H,34,40)(H,35,39). The van der Waals surface area contributed by atoms with Crippen molar-refractivity contribution in [2.24, 2.45) is 0 Å². The number of aromatic nitrogens is 3. The van der Waals surface area contributed by atoms with Crippen molar-refractivity contribution >= 4 is 35.2 Å². The quantitative estimate of drug-likeness (QED) is 0.0934. The summed E-state index contributed by atoms with van der Waals surface area (Å²) in [5.74, 6) is 1.18. The average Bonchev–Trinajstić information content (AvgIpc) is 3.49. The van der Waals surface area contributed by atoms with Gasteiger partial charge in [-0.05, 0) is 74.0 Å². The summed E-state index contributed by atoms with van der Waals surface area (Å²) in [4.78, 5) is 37.8. The van der Waals surface area contributed by atoms with Gasteiger partial charge < -0.3 is 29.6 Å². The van der Waals surface area contributed by atoms with E-state index in [9.17, 15) is 14.4 Å². The highest BCUT2D eigenvalue weighted by molar-refractivity contribution is 7.99. The summed E-state index contributed by atoms with van der Waals surface area (Å²) in [6.45, 7) is 4.77. The summed E-state index contributed by atoms with van der Waals surface area (Å²) in [6, 6.07) is 18.7. The minimum absolute atomic E-state index is 0.00306. The van der Waals surface area contributed by atoms with Crippen molar-refractivity contribution in [2.75, 3.05) is 38.5 Å². The molecule has 0 atom stereocenters. The summed E-state index contributed by atoms with van der Waals surface area (Å²) < 4.78 is 23.5. The lowest BCUT2D eigenvalue weighted by Crippen LogP contribution is -2.24. The molecule has 0 saturated heterocycles. The number of ether oxygens (including phenoxy) is 4. The Morgan fingerprint density at radius 3 is 2.26 bits per heavy atom. The van der Waals surface area contributed by atoms with Crippen LogP contribution in [0.4, 0.5) is 5.69 Å². The molecule has 242 valence electrons. The van der Waals surface area contributed by atoms with Gasteiger partial charge in [0, 0.05) is 17.3 Å². The second kappa shape index (κ2) is 16.9. The van der Waals surface area contributed by atoms with E-state index >= 15 is 0 Å². The average molecular weight is 648 g/mol. The number of esters is 1. The minimum Gasteiger partial charge on any atom is -0.497 e. The normalized spacial score (nSPS) is 10.6. The molecule has 0 spiro atoms. The van der Waals surface area contributed by atoms with E-state index in [-0.39, 0.29) is 30.7 Å². The van der Waals surface area contributed by atoms with E-state index in [2.05, 4.69) is 27.8 Å². The molecule has 2 N–H and O–H groups in total. The van der Waals surface area contributed by atoms with Crippen LogP contribution in [0.15, 0.2) is 71.9 Å². The Balaban J connectivity index is 1.49. The highest BCUT2D eigenvalue weighted by Gasteiger charge is 2.21. The Bertz CT molecular complexity index is 1620. The van der Waals surface area contributed by atoms with E-state index in [1.807, 2.05) is 0 Å². The van der Waals surface area contributed by atoms with E-state index in [0.29, 0.717) is 57.3 Å². The molecule has 4 rings (SSSR count). The van der Waals surface area contributed by atoms with Crippen LogP contribution in [0.1, 0.15) is 53.2 Å². The second-order valence-corrected chi connectivity index (χ2v) is 10.8. The predicted molar refractivity (Wildman–Crippen MR) is 174 cm³/mol. The molecule has 0 unspecified atom stereocenters. The summed E-state index contributed by atoms with van der Waals surface area (Å²) >= 11 is 1.16. The number of benzene rings is 3. The van der Waals surface area contributed by atoms with Crippen molar-refractivity contribution < 1.29 is 33.3 Å². The third-order valence-corrected chi connectivity index (χ3v) is 7.56. The van der Waals surface area contributed by atoms with E-state index < -0.39 is 5.97 Å². The topological polar surface area (TPSA) is 143 Å². The molecule has 1 aromatic heterocycles. The lowest BCUT2D eigenvalue weighted by Gasteiger charge is -2.15. The number of hydrogen-bond acceptors (Lipinski definition) is 10. The number of nitrogens with one attached hydrogen (secondary N) is 2. The molecule has 1 heterocycles. The first kappa shape index (κ1) is 33.8. The van der Waals surface area contributed by atoms with Gasteiger partial charge in [0.1, 0.15) is 17.2 Å². The zero-order valence-corrected chi connectivity index (χ0v) is 27.0. The van der Waals surface area contributed by atoms with Gasteiger partial charge >= 0.3 is 5.97 Å². The Morgan fingerprint density at radius 2 is 1.59 bits per heavy atom. The maximum atomic E-state index is 13.0. The van der Waals surface area contributed by atoms with Gasteiger partial charge in [-0.1, -0.05) is 25.1 Å². The number of thioether (sulfide) groups is 1. The Morgan fingerprint density at radius 1 is 0.870 bits per heavy atom. The fourth-order valence-corrected chi connectivity index (χ4v) is 5.02. The van der Waals surface area contributed by atoms with Crippen molar-refractivity contribution in [1.82, 2.24) is 20.1 Å². The molecule has 12 nitrogen and oxygen atoms in total. The van der Waals surface area contributed by atoms with E-state index in [1.54, 1.807) is 92.4 Å². The fraction of sp³-hybridized carbons (Fsp3) is 0.303. The lowest BCUT2D eigenvalue weighted by atomic mass is 10.2. The first-order valence-electron chi connectivity index (χ1n) is 14.7. The number of hydrogen-bond donors (Lipinski definition) is 2. The third kappa shape index (κ3) is 9.00. The van der Waals surface area contributed by atoms with Crippen molar-refractivity contribution in [2.45, 2.75) is 38.4 Å². The third-order valence-electron chi connectivity index (χ3n) is 6.63. The SMILES string of the molecule is CCCCOc1ccc(C(=O)NCc2nnc(SCC(=O)Nc3ccc(C(=O)OCC)cc3)n2-c2cc(OC)ccc2OC)cc1. The number of unbranched alkanes of at least 4 members (excludes halogenated alkanes) is 1. The van der Waals surface area contributed by atoms with E-state index in [4.69, 9.17) is 18.9 Å². The Labute approximate surface area is 271 Å². The molecule has 0 aliphatic heterocycles. The number of anilines is 1. The zero-order chi connectivity index (χ0) is 32.9. The van der Waals surface area contributed by atoms with E-state index in [0.717, 1.165) is 24.6 Å². The first-order chi connectivity index (χ1) is 22.4. The highest BCUT2D eigenvalue weighted by Crippen LogP contribution is 2.32.